The van der Waals surface area contributed by atoms with Gasteiger partial charge in [-0.2, -0.15) is 0 Å². The molecule has 0 spiro atoms. The minimum absolute atomic E-state index is 0.288. The summed E-state index contributed by atoms with van der Waals surface area (Å²) in [5, 5.41) is 7.96. The first kappa shape index (κ1) is 30.6. The van der Waals surface area contributed by atoms with Crippen LogP contribution in [-0.2, 0) is 25.5 Å². The van der Waals surface area contributed by atoms with Crippen LogP contribution in [-0.4, -0.2) is 62.6 Å². The van der Waals surface area contributed by atoms with Crippen LogP contribution in [0.25, 0.3) is 0 Å². The average Bonchev–Trinajstić information content (AvgIpc) is 3.42. The first-order valence-corrected chi connectivity index (χ1v) is 13.4. The van der Waals surface area contributed by atoms with Gasteiger partial charge in [0.15, 0.2) is 17.7 Å². The summed E-state index contributed by atoms with van der Waals surface area (Å²) in [5.41, 5.74) is -0.414. The SMILES string of the molecule is COC(=O)C(C)Oc1ccc(F)c(CCNC(=O)[C@H](CC(F)F)NC(=O)C2C[C@@H](C3CCCCC3)CN2)c1F. The lowest BCUT2D eigenvalue weighted by Gasteiger charge is -2.26. The number of esters is 1. The Morgan fingerprint density at radius 1 is 1.10 bits per heavy atom. The van der Waals surface area contributed by atoms with Crippen molar-refractivity contribution in [3.8, 4) is 5.75 Å². The number of hydrogen-bond donors (Lipinski definition) is 3. The lowest BCUT2D eigenvalue weighted by molar-refractivity contribution is -0.148. The number of alkyl halides is 2. The summed E-state index contributed by atoms with van der Waals surface area (Å²) >= 11 is 0. The second kappa shape index (κ2) is 14.5. The Kier molecular flexibility index (Phi) is 11.4. The normalized spacial score (nSPS) is 21.3. The van der Waals surface area contributed by atoms with Crippen molar-refractivity contribution in [2.24, 2.45) is 11.8 Å². The fourth-order valence-corrected chi connectivity index (χ4v) is 5.34. The van der Waals surface area contributed by atoms with Gasteiger partial charge >= 0.3 is 5.97 Å². The Morgan fingerprint density at radius 3 is 2.49 bits per heavy atom. The molecule has 218 valence electrons. The molecule has 2 unspecified atom stereocenters. The smallest absolute Gasteiger partial charge is 0.346 e. The van der Waals surface area contributed by atoms with E-state index in [4.69, 9.17) is 4.74 Å². The lowest BCUT2D eigenvalue weighted by atomic mass is 9.79. The second-order valence-corrected chi connectivity index (χ2v) is 10.2. The molecule has 2 fully saturated rings. The second-order valence-electron chi connectivity index (χ2n) is 10.2. The van der Waals surface area contributed by atoms with Crippen LogP contribution in [0.4, 0.5) is 17.6 Å². The standard InChI is InChI=1S/C27H37F4N3O5/c1-15(27(37)38-2)39-22-9-8-19(28)18(24(22)31)10-11-32-25(35)21(13-23(29)30)34-26(36)20-12-17(14-33-20)16-6-4-3-5-7-16/h8-9,15-17,20-21,23,33H,3-7,10-14H2,1-2H3,(H,32,35)(H,34,36)/t15?,17-,20?,21+/m1/s1. The Bertz CT molecular complexity index is 1010. The van der Waals surface area contributed by atoms with Crippen LogP contribution in [0.5, 0.6) is 5.75 Å². The molecule has 3 N–H and O–H groups in total. The molecule has 3 rings (SSSR count). The lowest BCUT2D eigenvalue weighted by Crippen LogP contribution is -2.52. The minimum atomic E-state index is -2.85. The fraction of sp³-hybridized carbons (Fsp3) is 0.667. The minimum Gasteiger partial charge on any atom is -0.476 e. The van der Waals surface area contributed by atoms with E-state index < -0.39 is 66.0 Å². The third-order valence-electron chi connectivity index (χ3n) is 7.51. The molecule has 8 nitrogen and oxygen atoms in total. The summed E-state index contributed by atoms with van der Waals surface area (Å²) in [6.45, 7) is 1.72. The summed E-state index contributed by atoms with van der Waals surface area (Å²) in [5.74, 6) is -3.62. The van der Waals surface area contributed by atoms with Crippen molar-refractivity contribution >= 4 is 17.8 Å². The monoisotopic (exact) mass is 559 g/mol. The van der Waals surface area contributed by atoms with Crippen LogP contribution in [0.3, 0.4) is 0 Å². The molecule has 1 aliphatic heterocycles. The molecule has 1 saturated heterocycles. The van der Waals surface area contributed by atoms with Gasteiger partial charge in [0.2, 0.25) is 18.2 Å². The van der Waals surface area contributed by atoms with E-state index in [0.717, 1.165) is 32.1 Å². The molecule has 1 heterocycles. The largest absolute Gasteiger partial charge is 0.476 e. The Morgan fingerprint density at radius 2 is 1.82 bits per heavy atom. The number of carbonyl (C=O) groups excluding carboxylic acids is 3. The molecule has 4 atom stereocenters. The van der Waals surface area contributed by atoms with Crippen molar-refractivity contribution in [2.75, 3.05) is 20.2 Å². The quantitative estimate of drug-likeness (QED) is 0.268. The van der Waals surface area contributed by atoms with Crippen LogP contribution in [0.2, 0.25) is 0 Å². The van der Waals surface area contributed by atoms with Gasteiger partial charge in [0.05, 0.1) is 13.2 Å². The molecule has 0 radical (unpaired) electrons. The zero-order valence-electron chi connectivity index (χ0n) is 22.2. The molecule has 2 aliphatic rings. The molecular formula is C27H37F4N3O5. The highest BCUT2D eigenvalue weighted by Crippen LogP contribution is 2.34. The molecule has 0 bridgehead atoms. The first-order valence-electron chi connectivity index (χ1n) is 13.4. The summed E-state index contributed by atoms with van der Waals surface area (Å²) in [7, 11) is 1.14. The van der Waals surface area contributed by atoms with Gasteiger partial charge in [-0.15, -0.1) is 0 Å². The van der Waals surface area contributed by atoms with E-state index in [2.05, 4.69) is 20.7 Å². The van der Waals surface area contributed by atoms with E-state index in [-0.39, 0.29) is 18.7 Å². The van der Waals surface area contributed by atoms with Crippen LogP contribution in [0.15, 0.2) is 12.1 Å². The van der Waals surface area contributed by atoms with Crippen molar-refractivity contribution in [3.63, 3.8) is 0 Å². The molecule has 2 amide bonds. The number of hydrogen-bond acceptors (Lipinski definition) is 6. The van der Waals surface area contributed by atoms with Gasteiger partial charge in [0, 0.05) is 18.5 Å². The predicted molar refractivity (Wildman–Crippen MR) is 134 cm³/mol. The molecular weight excluding hydrogens is 522 g/mol. The highest BCUT2D eigenvalue weighted by Gasteiger charge is 2.36. The van der Waals surface area contributed by atoms with E-state index in [1.807, 2.05) is 0 Å². The molecule has 12 heteroatoms. The van der Waals surface area contributed by atoms with Crippen LogP contribution in [0, 0.1) is 23.5 Å². The Hall–Kier alpha value is -2.89. The average molecular weight is 560 g/mol. The first-order chi connectivity index (χ1) is 18.6. The zero-order valence-corrected chi connectivity index (χ0v) is 22.2. The maximum atomic E-state index is 14.8. The van der Waals surface area contributed by atoms with E-state index in [0.29, 0.717) is 24.8 Å². The van der Waals surface area contributed by atoms with Crippen LogP contribution >= 0.6 is 0 Å². The topological polar surface area (TPSA) is 106 Å². The number of carbonyl (C=O) groups is 3. The van der Waals surface area contributed by atoms with Crippen molar-refractivity contribution in [3.05, 3.63) is 29.3 Å². The molecule has 1 aliphatic carbocycles. The van der Waals surface area contributed by atoms with Gasteiger partial charge in [0.25, 0.3) is 0 Å². The highest BCUT2D eigenvalue weighted by molar-refractivity contribution is 5.90. The number of rotatable bonds is 12. The maximum absolute atomic E-state index is 14.8. The van der Waals surface area contributed by atoms with Gasteiger partial charge in [0.1, 0.15) is 11.9 Å². The van der Waals surface area contributed by atoms with Gasteiger partial charge in [-0.05, 0) is 50.3 Å². The summed E-state index contributed by atoms with van der Waals surface area (Å²) in [6, 6.07) is -0.0910. The Balaban J connectivity index is 1.56. The van der Waals surface area contributed by atoms with Crippen molar-refractivity contribution in [2.45, 2.75) is 82.9 Å². The van der Waals surface area contributed by atoms with Crippen LogP contribution < -0.4 is 20.7 Å². The van der Waals surface area contributed by atoms with E-state index in [1.54, 1.807) is 0 Å². The highest BCUT2D eigenvalue weighted by atomic mass is 19.3. The molecule has 1 aromatic carbocycles. The van der Waals surface area contributed by atoms with Crippen LogP contribution in [0.1, 0.15) is 57.4 Å². The predicted octanol–water partition coefficient (Wildman–Crippen LogP) is 3.26. The molecule has 1 saturated carbocycles. The van der Waals surface area contributed by atoms with Gasteiger partial charge < -0.3 is 25.4 Å². The van der Waals surface area contributed by atoms with E-state index in [1.165, 1.54) is 26.2 Å². The van der Waals surface area contributed by atoms with Crippen molar-refractivity contribution in [1.82, 2.24) is 16.0 Å². The zero-order chi connectivity index (χ0) is 28.5. The number of benzene rings is 1. The van der Waals surface area contributed by atoms with Gasteiger partial charge in [-0.25, -0.2) is 22.4 Å². The van der Waals surface area contributed by atoms with Crippen molar-refractivity contribution in [1.29, 1.82) is 0 Å². The molecule has 1 aromatic rings. The van der Waals surface area contributed by atoms with Gasteiger partial charge in [-0.3, -0.25) is 9.59 Å². The van der Waals surface area contributed by atoms with Gasteiger partial charge in [-0.1, -0.05) is 32.1 Å². The fourth-order valence-electron chi connectivity index (χ4n) is 5.34. The molecule has 39 heavy (non-hydrogen) atoms. The summed E-state index contributed by atoms with van der Waals surface area (Å²) < 4.78 is 65.3. The number of methoxy groups -OCH3 is 1. The van der Waals surface area contributed by atoms with Crippen molar-refractivity contribution < 1.29 is 41.4 Å². The van der Waals surface area contributed by atoms with E-state index >= 15 is 0 Å². The number of nitrogens with one attached hydrogen (secondary N) is 3. The molecule has 0 aromatic heterocycles. The maximum Gasteiger partial charge on any atom is 0.346 e. The number of ether oxygens (including phenoxy) is 2. The summed E-state index contributed by atoms with van der Waals surface area (Å²) in [4.78, 5) is 37.0. The third kappa shape index (κ3) is 8.55. The summed E-state index contributed by atoms with van der Waals surface area (Å²) in [6.07, 6.45) is 1.18. The van der Waals surface area contributed by atoms with E-state index in [9.17, 15) is 31.9 Å². The number of halogens is 4. The number of amides is 2. The Labute approximate surface area is 225 Å². The third-order valence-corrected chi connectivity index (χ3v) is 7.51.